The molecule has 4 fully saturated rings. The minimum Gasteiger partial charge on any atom is -0.364 e. The molecule has 0 aliphatic heterocycles. The lowest BCUT2D eigenvalue weighted by Gasteiger charge is -2.58. The largest absolute Gasteiger partial charge is 0.364 e. The highest BCUT2D eigenvalue weighted by atomic mass is 127. The maximum absolute atomic E-state index is 6.24. The summed E-state index contributed by atoms with van der Waals surface area (Å²) in [5, 5.41) is 0. The Morgan fingerprint density at radius 2 is 1.60 bits per heavy atom. The Bertz CT molecular complexity index is 223. The first-order chi connectivity index (χ1) is 7.22. The zero-order valence-electron chi connectivity index (χ0n) is 9.55. The molecular formula is C13H21IO. The van der Waals surface area contributed by atoms with Gasteiger partial charge in [0.1, 0.15) is 3.61 Å². The molecule has 0 atom stereocenters. The molecule has 0 amide bonds. The summed E-state index contributed by atoms with van der Waals surface area (Å²) in [7, 11) is 0. The second-order valence-electron chi connectivity index (χ2n) is 5.85. The molecule has 4 rings (SSSR count). The van der Waals surface area contributed by atoms with Gasteiger partial charge in [0, 0.05) is 6.61 Å². The van der Waals surface area contributed by atoms with E-state index in [2.05, 4.69) is 29.5 Å². The third kappa shape index (κ3) is 1.67. The smallest absolute Gasteiger partial charge is 0.124 e. The van der Waals surface area contributed by atoms with Crippen molar-refractivity contribution in [3.8, 4) is 0 Å². The molecule has 0 saturated heterocycles. The van der Waals surface area contributed by atoms with Crippen LogP contribution in [0.3, 0.4) is 0 Å². The second kappa shape index (κ2) is 3.86. The summed E-state index contributed by atoms with van der Waals surface area (Å²) in [6, 6.07) is 0. The standard InChI is InChI=1S/C13H21IO/c1-2-3-15-13(14)11-5-9-4-10(7-11)8-12(13)6-9/h9-12H,2-8H2,1H3. The van der Waals surface area contributed by atoms with Gasteiger partial charge >= 0.3 is 0 Å². The summed E-state index contributed by atoms with van der Waals surface area (Å²) < 4.78 is 6.47. The van der Waals surface area contributed by atoms with Crippen LogP contribution in [0.25, 0.3) is 0 Å². The molecule has 1 nitrogen and oxygen atoms in total. The molecule has 0 heterocycles. The predicted molar refractivity (Wildman–Crippen MR) is 70.0 cm³/mol. The number of hydrogen-bond acceptors (Lipinski definition) is 1. The molecule has 4 aliphatic rings. The summed E-state index contributed by atoms with van der Waals surface area (Å²) >= 11 is 2.66. The van der Waals surface area contributed by atoms with E-state index in [1.165, 1.54) is 32.1 Å². The Hall–Kier alpha value is 0.690. The van der Waals surface area contributed by atoms with Gasteiger partial charge in [-0.05, 0) is 84.8 Å². The van der Waals surface area contributed by atoms with Gasteiger partial charge in [-0.15, -0.1) is 0 Å². The summed E-state index contributed by atoms with van der Waals surface area (Å²) in [5.74, 6) is 3.86. The lowest BCUT2D eigenvalue weighted by Crippen LogP contribution is -2.55. The molecule has 0 unspecified atom stereocenters. The topological polar surface area (TPSA) is 9.23 Å². The molecule has 86 valence electrons. The van der Waals surface area contributed by atoms with Crippen molar-refractivity contribution >= 4 is 22.6 Å². The highest BCUT2D eigenvalue weighted by molar-refractivity contribution is 14.1. The summed E-state index contributed by atoms with van der Waals surface area (Å²) in [5.41, 5.74) is 0. The van der Waals surface area contributed by atoms with Crippen LogP contribution in [-0.2, 0) is 4.74 Å². The van der Waals surface area contributed by atoms with Crippen molar-refractivity contribution in [2.24, 2.45) is 23.7 Å². The van der Waals surface area contributed by atoms with E-state index in [0.717, 1.165) is 36.7 Å². The lowest BCUT2D eigenvalue weighted by atomic mass is 9.55. The third-order valence-corrected chi connectivity index (χ3v) is 6.85. The molecule has 0 aromatic heterocycles. The highest BCUT2D eigenvalue weighted by Gasteiger charge is 2.56. The van der Waals surface area contributed by atoms with E-state index in [1.54, 1.807) is 0 Å². The van der Waals surface area contributed by atoms with Crippen LogP contribution in [-0.4, -0.2) is 10.2 Å². The fourth-order valence-corrected chi connectivity index (χ4v) is 5.56. The molecule has 15 heavy (non-hydrogen) atoms. The number of halogens is 1. The first-order valence-corrected chi connectivity index (χ1v) is 7.63. The Kier molecular flexibility index (Phi) is 2.79. The monoisotopic (exact) mass is 320 g/mol. The van der Waals surface area contributed by atoms with Gasteiger partial charge in [0.2, 0.25) is 0 Å². The summed E-state index contributed by atoms with van der Waals surface area (Å²) in [4.78, 5) is 0. The Labute approximate surface area is 106 Å². The van der Waals surface area contributed by atoms with Gasteiger partial charge in [-0.25, -0.2) is 0 Å². The number of rotatable bonds is 3. The van der Waals surface area contributed by atoms with Crippen molar-refractivity contribution < 1.29 is 4.74 Å². The Balaban J connectivity index is 1.78. The van der Waals surface area contributed by atoms with Crippen molar-refractivity contribution in [2.75, 3.05) is 6.61 Å². The number of hydrogen-bond donors (Lipinski definition) is 0. The van der Waals surface area contributed by atoms with E-state index in [4.69, 9.17) is 4.74 Å². The maximum atomic E-state index is 6.24. The van der Waals surface area contributed by atoms with E-state index in [9.17, 15) is 0 Å². The van der Waals surface area contributed by atoms with E-state index in [1.807, 2.05) is 0 Å². The average molecular weight is 320 g/mol. The minimum atomic E-state index is 0.223. The van der Waals surface area contributed by atoms with Crippen molar-refractivity contribution in [3.63, 3.8) is 0 Å². The molecule has 0 spiro atoms. The van der Waals surface area contributed by atoms with E-state index in [0.29, 0.717) is 0 Å². The number of ether oxygens (including phenoxy) is 1. The minimum absolute atomic E-state index is 0.223. The summed E-state index contributed by atoms with van der Waals surface area (Å²) in [6.45, 7) is 3.18. The molecule has 0 aromatic rings. The molecule has 0 N–H and O–H groups in total. The second-order valence-corrected chi connectivity index (χ2v) is 7.54. The summed E-state index contributed by atoms with van der Waals surface area (Å²) in [6.07, 6.45) is 8.53. The van der Waals surface area contributed by atoms with Crippen LogP contribution < -0.4 is 0 Å². The van der Waals surface area contributed by atoms with Crippen molar-refractivity contribution in [1.29, 1.82) is 0 Å². The van der Waals surface area contributed by atoms with Gasteiger partial charge in [-0.2, -0.15) is 0 Å². The molecular weight excluding hydrogens is 299 g/mol. The Morgan fingerprint density at radius 1 is 1.07 bits per heavy atom. The zero-order chi connectivity index (χ0) is 10.5. The molecule has 4 aliphatic carbocycles. The van der Waals surface area contributed by atoms with Crippen molar-refractivity contribution in [2.45, 2.75) is 49.1 Å². The first kappa shape index (κ1) is 10.8. The van der Waals surface area contributed by atoms with Gasteiger partial charge in [0.25, 0.3) is 0 Å². The maximum Gasteiger partial charge on any atom is 0.124 e. The predicted octanol–water partition coefficient (Wildman–Crippen LogP) is 4.00. The molecule has 4 saturated carbocycles. The zero-order valence-corrected chi connectivity index (χ0v) is 11.7. The van der Waals surface area contributed by atoms with Crippen LogP contribution >= 0.6 is 22.6 Å². The fraction of sp³-hybridized carbons (Fsp3) is 1.00. The number of alkyl halides is 1. The van der Waals surface area contributed by atoms with Crippen LogP contribution in [0, 0.1) is 23.7 Å². The molecule has 0 radical (unpaired) electrons. The van der Waals surface area contributed by atoms with E-state index >= 15 is 0 Å². The quantitative estimate of drug-likeness (QED) is 0.564. The van der Waals surface area contributed by atoms with Gasteiger partial charge in [0.15, 0.2) is 0 Å². The van der Waals surface area contributed by atoms with Gasteiger partial charge in [-0.3, -0.25) is 0 Å². The highest BCUT2D eigenvalue weighted by Crippen LogP contribution is 2.61. The van der Waals surface area contributed by atoms with Crippen molar-refractivity contribution in [1.82, 2.24) is 0 Å². The fourth-order valence-electron chi connectivity index (χ4n) is 4.32. The van der Waals surface area contributed by atoms with Gasteiger partial charge < -0.3 is 4.74 Å². The van der Waals surface area contributed by atoms with Crippen LogP contribution in [0.4, 0.5) is 0 Å². The van der Waals surface area contributed by atoms with Gasteiger partial charge in [-0.1, -0.05) is 6.92 Å². The van der Waals surface area contributed by atoms with Crippen LogP contribution in [0.2, 0.25) is 0 Å². The molecule has 4 bridgehead atoms. The van der Waals surface area contributed by atoms with Crippen LogP contribution in [0.15, 0.2) is 0 Å². The SMILES string of the molecule is CCCOC1(I)C2CC3CC(C2)CC1C3. The average Bonchev–Trinajstić information content (AvgIpc) is 2.22. The van der Waals surface area contributed by atoms with Crippen LogP contribution in [0.5, 0.6) is 0 Å². The first-order valence-electron chi connectivity index (χ1n) is 6.55. The van der Waals surface area contributed by atoms with Crippen LogP contribution in [0.1, 0.15) is 45.4 Å². The van der Waals surface area contributed by atoms with Crippen molar-refractivity contribution in [3.05, 3.63) is 0 Å². The lowest BCUT2D eigenvalue weighted by molar-refractivity contribution is -0.137. The third-order valence-electron chi connectivity index (χ3n) is 4.78. The van der Waals surface area contributed by atoms with Gasteiger partial charge in [0.05, 0.1) is 0 Å². The molecule has 0 aromatic carbocycles. The van der Waals surface area contributed by atoms with E-state index in [-0.39, 0.29) is 3.61 Å². The molecule has 2 heteroatoms. The van der Waals surface area contributed by atoms with E-state index < -0.39 is 0 Å². The Morgan fingerprint density at radius 3 is 2.07 bits per heavy atom. The normalized spacial score (nSPS) is 52.4.